The summed E-state index contributed by atoms with van der Waals surface area (Å²) in [6.07, 6.45) is -3.51. The minimum atomic E-state index is -4.70. The number of rotatable bonds is 11. The minimum Gasteiger partial charge on any atom is -0.447 e. The van der Waals surface area contributed by atoms with Crippen LogP contribution >= 0.6 is 11.6 Å². The van der Waals surface area contributed by atoms with Gasteiger partial charge < -0.3 is 20.7 Å². The topological polar surface area (TPSA) is 141 Å². The van der Waals surface area contributed by atoms with Crippen molar-refractivity contribution in [3.8, 4) is 16.9 Å². The smallest absolute Gasteiger partial charge is 0.408 e. The first-order valence-corrected chi connectivity index (χ1v) is 17.3. The summed E-state index contributed by atoms with van der Waals surface area (Å²) < 4.78 is 75.5. The summed E-state index contributed by atoms with van der Waals surface area (Å²) in [6.45, 7) is 8.78. The molecule has 0 radical (unpaired) electrons. The van der Waals surface area contributed by atoms with Gasteiger partial charge in [0.15, 0.2) is 11.8 Å². The molecule has 2 aromatic carbocycles. The second-order valence-electron chi connectivity index (χ2n) is 15.1. The van der Waals surface area contributed by atoms with Crippen LogP contribution in [-0.2, 0) is 15.8 Å². The molecule has 12 nitrogen and oxygen atoms in total. The number of alkyl halides is 5. The van der Waals surface area contributed by atoms with E-state index < -0.39 is 48.7 Å². The molecule has 1 aliphatic heterocycles. The summed E-state index contributed by atoms with van der Waals surface area (Å²) in [6, 6.07) is 9.14. The Morgan fingerprint density at radius 3 is 2.43 bits per heavy atom. The lowest BCUT2D eigenvalue weighted by Gasteiger charge is -2.36. The Morgan fingerprint density at radius 2 is 1.81 bits per heavy atom. The van der Waals surface area contributed by atoms with Crippen LogP contribution in [0.4, 0.5) is 26.7 Å². The van der Waals surface area contributed by atoms with Gasteiger partial charge >= 0.3 is 12.3 Å². The first-order chi connectivity index (χ1) is 24.8. The third-order valence-electron chi connectivity index (χ3n) is 9.54. The van der Waals surface area contributed by atoms with Crippen molar-refractivity contribution in [3.63, 3.8) is 0 Å². The molecular weight excluding hydrogens is 723 g/mol. The Hall–Kier alpha value is -4.80. The number of alkyl carbamates (subject to hydrolysis) is 1. The molecule has 2 aliphatic rings. The summed E-state index contributed by atoms with van der Waals surface area (Å²) in [5.41, 5.74) is 8.33. The molecule has 6 rings (SSSR count). The van der Waals surface area contributed by atoms with Gasteiger partial charge in [-0.05, 0) is 61.8 Å². The van der Waals surface area contributed by atoms with E-state index in [9.17, 15) is 26.7 Å². The molecule has 0 bridgehead atoms. The average Bonchev–Trinajstić information content (AvgIpc) is 3.44. The lowest BCUT2D eigenvalue weighted by molar-refractivity contribution is -0.150. The molecule has 1 aliphatic carbocycles. The summed E-state index contributed by atoms with van der Waals surface area (Å²) >= 11 is 6.46. The number of nitrogens with two attached hydrogens (primary N) is 1. The van der Waals surface area contributed by atoms with Gasteiger partial charge in [-0.15, -0.1) is 5.10 Å². The fourth-order valence-corrected chi connectivity index (χ4v) is 6.71. The minimum absolute atomic E-state index is 0.00957. The zero-order valence-electron chi connectivity index (χ0n) is 29.7. The third kappa shape index (κ3) is 8.09. The summed E-state index contributed by atoms with van der Waals surface area (Å²) in [7, 11) is 0. The van der Waals surface area contributed by atoms with Crippen LogP contribution in [-0.4, -0.2) is 72.1 Å². The van der Waals surface area contributed by atoms with Crippen molar-refractivity contribution < 1.29 is 31.5 Å². The van der Waals surface area contributed by atoms with Crippen molar-refractivity contribution >= 4 is 23.7 Å². The van der Waals surface area contributed by atoms with Crippen LogP contribution in [0.1, 0.15) is 83.3 Å². The number of halogens is 6. The number of carbonyl (C=O) groups is 1. The maximum absolute atomic E-state index is 13.8. The largest absolute Gasteiger partial charge is 0.447 e. The number of hydrogen-bond donors (Lipinski definition) is 2. The molecule has 1 amide bonds. The highest BCUT2D eigenvalue weighted by molar-refractivity contribution is 6.32. The van der Waals surface area contributed by atoms with Gasteiger partial charge in [-0.3, -0.25) is 0 Å². The molecule has 53 heavy (non-hydrogen) atoms. The standard InChI is InChI=1S/C35H40ClF5N10O2/c1-20(35(39,40)41)45-31(52)53-16-27(22-8-11-24(36)26(14-22)51-29(28(37)38)43-19-44-51)49-18-34(46-30(49)42,17-32(2,3)4)23-9-6-21(7-10-23)25-15-50(48-47-25)33(5)12-13-33/h6-11,14-15,19-20,27-28H,12-13,16-18H2,1-5H3,(H2,42,46)(H,45,52)/t20-,27+,34-/m0/s1. The van der Waals surface area contributed by atoms with Gasteiger partial charge in [-0.25, -0.2) is 32.9 Å². The van der Waals surface area contributed by atoms with E-state index in [-0.39, 0.29) is 34.2 Å². The Labute approximate surface area is 307 Å². The molecule has 0 unspecified atom stereocenters. The van der Waals surface area contributed by atoms with Crippen molar-refractivity contribution in [1.29, 1.82) is 0 Å². The number of nitrogens with one attached hydrogen (secondary N) is 1. The Morgan fingerprint density at radius 1 is 1.11 bits per heavy atom. The summed E-state index contributed by atoms with van der Waals surface area (Å²) in [5, 5.41) is 14.5. The van der Waals surface area contributed by atoms with Gasteiger partial charge in [0.2, 0.25) is 0 Å². The highest BCUT2D eigenvalue weighted by Gasteiger charge is 2.46. The van der Waals surface area contributed by atoms with E-state index in [1.165, 1.54) is 12.1 Å². The molecule has 1 fully saturated rings. The van der Waals surface area contributed by atoms with Crippen molar-refractivity contribution in [2.24, 2.45) is 16.1 Å². The monoisotopic (exact) mass is 762 g/mol. The lowest BCUT2D eigenvalue weighted by atomic mass is 9.76. The number of carbonyl (C=O) groups excluding carboxylic acids is 1. The molecular formula is C35H40ClF5N10O2. The SMILES string of the molecule is C[C@H](NC(=O)OC[C@H](c1ccc(Cl)c(-n2ncnc2C(F)F)c1)N1C[C@@](CC(C)(C)C)(c2ccc(-c3cn(C4(C)CC4)nn3)cc2)N=C1N)C(F)(F)F. The van der Waals surface area contributed by atoms with Crippen molar-refractivity contribution in [3.05, 3.63) is 77.0 Å². The van der Waals surface area contributed by atoms with Crippen LogP contribution < -0.4 is 11.1 Å². The van der Waals surface area contributed by atoms with Crippen molar-refractivity contribution in [2.75, 3.05) is 13.2 Å². The van der Waals surface area contributed by atoms with Crippen molar-refractivity contribution in [1.82, 2.24) is 40.0 Å². The number of aliphatic imine (C=N–C) groups is 1. The Balaban J connectivity index is 1.36. The van der Waals surface area contributed by atoms with Crippen LogP contribution in [0.15, 0.2) is 60.0 Å². The van der Waals surface area contributed by atoms with E-state index in [1.54, 1.807) is 16.3 Å². The number of benzene rings is 2. The Bertz CT molecular complexity index is 1990. The van der Waals surface area contributed by atoms with Gasteiger partial charge in [-0.2, -0.15) is 18.3 Å². The summed E-state index contributed by atoms with van der Waals surface area (Å²) in [5.74, 6) is -0.585. The van der Waals surface area contributed by atoms with Crippen LogP contribution in [0.5, 0.6) is 0 Å². The molecule has 0 saturated heterocycles. The van der Waals surface area contributed by atoms with Gasteiger partial charge in [0, 0.05) is 5.56 Å². The van der Waals surface area contributed by atoms with E-state index in [4.69, 9.17) is 27.1 Å². The molecule has 0 spiro atoms. The molecule has 3 N–H and O–H groups in total. The zero-order chi connectivity index (χ0) is 38.5. The zero-order valence-corrected chi connectivity index (χ0v) is 30.5. The van der Waals surface area contributed by atoms with Gasteiger partial charge in [0.05, 0.1) is 35.0 Å². The second kappa shape index (κ2) is 13.9. The number of amides is 1. The molecule has 4 aromatic rings. The number of aromatic nitrogens is 6. The van der Waals surface area contributed by atoms with Crippen LogP contribution in [0, 0.1) is 5.41 Å². The fourth-order valence-electron chi connectivity index (χ4n) is 6.51. The molecule has 2 aromatic heterocycles. The highest BCUT2D eigenvalue weighted by atomic mass is 35.5. The molecule has 3 heterocycles. The van der Waals surface area contributed by atoms with Crippen LogP contribution in [0.25, 0.3) is 16.9 Å². The van der Waals surface area contributed by atoms with Crippen LogP contribution in [0.3, 0.4) is 0 Å². The van der Waals surface area contributed by atoms with Gasteiger partial charge in [0.25, 0.3) is 6.43 Å². The maximum Gasteiger partial charge on any atom is 0.408 e. The first-order valence-electron chi connectivity index (χ1n) is 16.9. The first kappa shape index (κ1) is 37.9. The van der Waals surface area contributed by atoms with Gasteiger partial charge in [-0.1, -0.05) is 67.9 Å². The molecule has 1 saturated carbocycles. The predicted molar refractivity (Wildman–Crippen MR) is 186 cm³/mol. The predicted octanol–water partition coefficient (Wildman–Crippen LogP) is 7.31. The van der Waals surface area contributed by atoms with Crippen molar-refractivity contribution in [2.45, 2.75) is 89.6 Å². The van der Waals surface area contributed by atoms with E-state index in [0.717, 1.165) is 47.6 Å². The summed E-state index contributed by atoms with van der Waals surface area (Å²) in [4.78, 5) is 23.0. The quantitative estimate of drug-likeness (QED) is 0.152. The van der Waals surface area contributed by atoms with Gasteiger partial charge in [0.1, 0.15) is 30.2 Å². The fraction of sp³-hybridized carbons (Fsp3) is 0.486. The lowest BCUT2D eigenvalue weighted by Crippen LogP contribution is -2.45. The Kier molecular flexibility index (Phi) is 9.94. The molecule has 3 atom stereocenters. The maximum atomic E-state index is 13.8. The van der Waals surface area contributed by atoms with E-state index in [1.807, 2.05) is 35.1 Å². The second-order valence-corrected chi connectivity index (χ2v) is 15.5. The van der Waals surface area contributed by atoms with E-state index in [0.29, 0.717) is 12.0 Å². The average molecular weight is 763 g/mol. The number of ether oxygens (including phenoxy) is 1. The number of nitrogens with zero attached hydrogens (tertiary/aromatic N) is 8. The van der Waals surface area contributed by atoms with Crippen LogP contribution in [0.2, 0.25) is 5.02 Å². The molecule has 18 heteroatoms. The number of guanidine groups is 1. The number of hydrogen-bond acceptors (Lipinski definition) is 9. The van der Waals surface area contributed by atoms with E-state index >= 15 is 0 Å². The highest BCUT2D eigenvalue weighted by Crippen LogP contribution is 2.45. The normalized spacial score (nSPS) is 19.6. The third-order valence-corrected chi connectivity index (χ3v) is 9.86. The van der Waals surface area contributed by atoms with E-state index in [2.05, 4.69) is 48.1 Å². The molecule has 284 valence electrons.